The molecule has 0 saturated heterocycles. The van der Waals surface area contributed by atoms with Crippen LogP contribution < -0.4 is 11.1 Å². The third kappa shape index (κ3) is 2.75. The van der Waals surface area contributed by atoms with Gasteiger partial charge in [-0.05, 0) is 36.8 Å². The molecule has 1 unspecified atom stereocenters. The van der Waals surface area contributed by atoms with Crippen molar-refractivity contribution >= 4 is 11.7 Å². The van der Waals surface area contributed by atoms with Crippen LogP contribution in [0.3, 0.4) is 0 Å². The first-order valence-corrected chi connectivity index (χ1v) is 5.99. The lowest BCUT2D eigenvalue weighted by molar-refractivity contribution is 0.0936. The Morgan fingerprint density at radius 2 is 2.35 bits per heavy atom. The van der Waals surface area contributed by atoms with Gasteiger partial charge in [-0.25, -0.2) is 4.98 Å². The van der Waals surface area contributed by atoms with Gasteiger partial charge in [-0.1, -0.05) is 13.8 Å². The highest BCUT2D eigenvalue weighted by Gasteiger charge is 2.31. The van der Waals surface area contributed by atoms with E-state index in [2.05, 4.69) is 24.1 Å². The van der Waals surface area contributed by atoms with Gasteiger partial charge in [0.15, 0.2) is 0 Å². The molecule has 1 aliphatic rings. The summed E-state index contributed by atoms with van der Waals surface area (Å²) in [5.41, 5.74) is 6.48. The van der Waals surface area contributed by atoms with Crippen LogP contribution in [0.2, 0.25) is 0 Å². The van der Waals surface area contributed by atoms with Crippen molar-refractivity contribution in [3.63, 3.8) is 0 Å². The van der Waals surface area contributed by atoms with E-state index in [9.17, 15) is 4.79 Å². The smallest absolute Gasteiger partial charge is 0.255 e. The molecule has 17 heavy (non-hydrogen) atoms. The molecule has 1 aromatic rings. The van der Waals surface area contributed by atoms with E-state index in [1.54, 1.807) is 18.3 Å². The minimum Gasteiger partial charge on any atom is -0.383 e. The van der Waals surface area contributed by atoms with Gasteiger partial charge in [0.2, 0.25) is 0 Å². The first-order valence-electron chi connectivity index (χ1n) is 5.99. The molecule has 1 atom stereocenters. The summed E-state index contributed by atoms with van der Waals surface area (Å²) in [7, 11) is 0. The van der Waals surface area contributed by atoms with Crippen molar-refractivity contribution in [1.82, 2.24) is 10.3 Å². The second kappa shape index (κ2) is 4.35. The Bertz CT molecular complexity index is 428. The summed E-state index contributed by atoms with van der Waals surface area (Å²) in [5.74, 6) is 0.181. The lowest BCUT2D eigenvalue weighted by Crippen LogP contribution is -2.34. The molecule has 1 amide bonds. The number of hydrogen-bond acceptors (Lipinski definition) is 3. The van der Waals surface area contributed by atoms with Gasteiger partial charge in [0.05, 0.1) is 5.56 Å². The van der Waals surface area contributed by atoms with Gasteiger partial charge in [-0.2, -0.15) is 0 Å². The summed E-state index contributed by atoms with van der Waals surface area (Å²) in [6.45, 7) is 4.47. The number of nitrogens with two attached hydrogens (primary N) is 1. The second-order valence-corrected chi connectivity index (χ2v) is 5.51. The van der Waals surface area contributed by atoms with Crippen molar-refractivity contribution < 1.29 is 4.79 Å². The lowest BCUT2D eigenvalue weighted by Gasteiger charge is -2.18. The van der Waals surface area contributed by atoms with Gasteiger partial charge >= 0.3 is 0 Å². The highest BCUT2D eigenvalue weighted by Crippen LogP contribution is 2.36. The third-order valence-corrected chi connectivity index (χ3v) is 3.39. The minimum atomic E-state index is -0.113. The average molecular weight is 233 g/mol. The van der Waals surface area contributed by atoms with Crippen LogP contribution in [0.5, 0.6) is 0 Å². The quantitative estimate of drug-likeness (QED) is 0.820. The fourth-order valence-corrected chi connectivity index (χ4v) is 2.43. The highest BCUT2D eigenvalue weighted by molar-refractivity contribution is 5.98. The minimum absolute atomic E-state index is 0.113. The number of nitrogen functional groups attached to an aromatic ring is 1. The van der Waals surface area contributed by atoms with Crippen LogP contribution in [0, 0.1) is 5.41 Å². The van der Waals surface area contributed by atoms with E-state index in [1.807, 2.05) is 0 Å². The topological polar surface area (TPSA) is 68.0 Å². The maximum atomic E-state index is 12.0. The standard InChI is InChI=1S/C13H19N3O/c1-13(2)6-5-9(8-13)16-12(17)10-4-3-7-15-11(10)14/h3-4,7,9H,5-6,8H2,1-2H3,(H2,14,15)(H,16,17). The summed E-state index contributed by atoms with van der Waals surface area (Å²) >= 11 is 0. The number of carbonyl (C=O) groups excluding carboxylic acids is 1. The average Bonchev–Trinajstić information content (AvgIpc) is 2.58. The maximum Gasteiger partial charge on any atom is 0.255 e. The van der Waals surface area contributed by atoms with Gasteiger partial charge in [0.25, 0.3) is 5.91 Å². The van der Waals surface area contributed by atoms with Crippen LogP contribution in [0.15, 0.2) is 18.3 Å². The monoisotopic (exact) mass is 233 g/mol. The van der Waals surface area contributed by atoms with Gasteiger partial charge in [0.1, 0.15) is 5.82 Å². The number of hydrogen-bond donors (Lipinski definition) is 2. The van der Waals surface area contributed by atoms with Crippen LogP contribution in [-0.4, -0.2) is 16.9 Å². The predicted octanol–water partition coefficient (Wildman–Crippen LogP) is 1.97. The van der Waals surface area contributed by atoms with Crippen molar-refractivity contribution in [2.75, 3.05) is 5.73 Å². The van der Waals surface area contributed by atoms with E-state index in [1.165, 1.54) is 0 Å². The summed E-state index contributed by atoms with van der Waals surface area (Å²) in [5, 5.41) is 3.03. The molecule has 1 aromatic heterocycles. The molecule has 0 spiro atoms. The zero-order valence-electron chi connectivity index (χ0n) is 10.4. The molecule has 4 heteroatoms. The summed E-state index contributed by atoms with van der Waals surface area (Å²) < 4.78 is 0. The van der Waals surface area contributed by atoms with Crippen LogP contribution >= 0.6 is 0 Å². The van der Waals surface area contributed by atoms with Crippen LogP contribution in [-0.2, 0) is 0 Å². The Labute approximate surface area is 102 Å². The zero-order valence-corrected chi connectivity index (χ0v) is 10.4. The van der Waals surface area contributed by atoms with Crippen LogP contribution in [0.4, 0.5) is 5.82 Å². The number of anilines is 1. The van der Waals surface area contributed by atoms with E-state index < -0.39 is 0 Å². The molecule has 0 radical (unpaired) electrons. The first-order chi connectivity index (χ1) is 7.98. The number of nitrogens with zero attached hydrogens (tertiary/aromatic N) is 1. The largest absolute Gasteiger partial charge is 0.383 e. The molecule has 92 valence electrons. The van der Waals surface area contributed by atoms with Crippen LogP contribution in [0.1, 0.15) is 43.5 Å². The molecule has 0 aliphatic heterocycles. The van der Waals surface area contributed by atoms with Crippen molar-refractivity contribution in [2.24, 2.45) is 5.41 Å². The Kier molecular flexibility index (Phi) is 3.05. The number of amides is 1. The first kappa shape index (κ1) is 11.9. The fraction of sp³-hybridized carbons (Fsp3) is 0.538. The molecule has 2 rings (SSSR count). The van der Waals surface area contributed by atoms with Crippen molar-refractivity contribution in [3.8, 4) is 0 Å². The van der Waals surface area contributed by atoms with E-state index in [4.69, 9.17) is 5.73 Å². The number of carbonyl (C=O) groups is 1. The van der Waals surface area contributed by atoms with Crippen molar-refractivity contribution in [3.05, 3.63) is 23.9 Å². The molecule has 1 saturated carbocycles. The highest BCUT2D eigenvalue weighted by atomic mass is 16.1. The SMILES string of the molecule is CC1(C)CCC(NC(=O)c2cccnc2N)C1. The Morgan fingerprint density at radius 1 is 1.59 bits per heavy atom. The Morgan fingerprint density at radius 3 is 2.94 bits per heavy atom. The number of pyridine rings is 1. The van der Waals surface area contributed by atoms with Gasteiger partial charge < -0.3 is 11.1 Å². The maximum absolute atomic E-state index is 12.0. The van der Waals surface area contributed by atoms with Gasteiger partial charge in [-0.3, -0.25) is 4.79 Å². The van der Waals surface area contributed by atoms with Crippen molar-refractivity contribution in [2.45, 2.75) is 39.2 Å². The van der Waals surface area contributed by atoms with Gasteiger partial charge in [-0.15, -0.1) is 0 Å². The summed E-state index contributed by atoms with van der Waals surface area (Å²) in [6, 6.07) is 3.69. The van der Waals surface area contributed by atoms with E-state index in [0.717, 1.165) is 19.3 Å². The normalized spacial score (nSPS) is 22.4. The van der Waals surface area contributed by atoms with E-state index >= 15 is 0 Å². The number of aromatic nitrogens is 1. The fourth-order valence-electron chi connectivity index (χ4n) is 2.43. The predicted molar refractivity (Wildman–Crippen MR) is 67.5 cm³/mol. The molecular formula is C13H19N3O. The Balaban J connectivity index is 2.01. The summed E-state index contributed by atoms with van der Waals surface area (Å²) in [4.78, 5) is 15.9. The van der Waals surface area contributed by atoms with Crippen molar-refractivity contribution in [1.29, 1.82) is 0 Å². The zero-order chi connectivity index (χ0) is 12.5. The molecule has 0 aromatic carbocycles. The summed E-state index contributed by atoms with van der Waals surface area (Å²) in [6.07, 6.45) is 4.81. The molecule has 0 bridgehead atoms. The third-order valence-electron chi connectivity index (χ3n) is 3.39. The van der Waals surface area contributed by atoms with Gasteiger partial charge in [0, 0.05) is 12.2 Å². The number of rotatable bonds is 2. The second-order valence-electron chi connectivity index (χ2n) is 5.51. The number of nitrogens with one attached hydrogen (secondary N) is 1. The molecule has 1 aliphatic carbocycles. The van der Waals surface area contributed by atoms with E-state index in [-0.39, 0.29) is 11.9 Å². The molecule has 3 N–H and O–H groups in total. The van der Waals surface area contributed by atoms with E-state index in [0.29, 0.717) is 16.8 Å². The lowest BCUT2D eigenvalue weighted by atomic mass is 9.92. The van der Waals surface area contributed by atoms with Crippen LogP contribution in [0.25, 0.3) is 0 Å². The molecule has 1 fully saturated rings. The molecule has 4 nitrogen and oxygen atoms in total. The molecule has 1 heterocycles. The Hall–Kier alpha value is -1.58. The molecular weight excluding hydrogens is 214 g/mol.